The fraction of sp³-hybridized carbons (Fsp3) is 0.571. The zero-order valence-corrected chi connectivity index (χ0v) is 7.47. The Morgan fingerprint density at radius 2 is 2.42 bits per heavy atom. The van der Waals surface area contributed by atoms with Crippen LogP contribution in [0.5, 0.6) is 0 Å². The summed E-state index contributed by atoms with van der Waals surface area (Å²) >= 11 is 1.42. The second-order valence-electron chi connectivity index (χ2n) is 2.83. The summed E-state index contributed by atoms with van der Waals surface area (Å²) in [5, 5.41) is 5.47. The number of carbonyl (C=O) groups is 1. The van der Waals surface area contributed by atoms with E-state index in [1.807, 2.05) is 0 Å². The molecule has 1 aliphatic heterocycles. The molecule has 0 saturated heterocycles. The maximum atomic E-state index is 10.6. The van der Waals surface area contributed by atoms with Gasteiger partial charge in [0.2, 0.25) is 11.1 Å². The molecule has 0 aromatic carbocycles. The molecular weight excluding hydrogens is 174 g/mol. The molecular formula is C7H8N3OS. The van der Waals surface area contributed by atoms with Crippen molar-refractivity contribution < 1.29 is 4.79 Å². The van der Waals surface area contributed by atoms with E-state index < -0.39 is 0 Å². The van der Waals surface area contributed by atoms with E-state index in [0.717, 1.165) is 5.04 Å². The van der Waals surface area contributed by atoms with Crippen LogP contribution < -0.4 is 5.43 Å². The molecule has 0 bridgehead atoms. The van der Waals surface area contributed by atoms with Crippen molar-refractivity contribution in [1.82, 2.24) is 5.43 Å². The normalized spacial score (nSPS) is 25.4. The van der Waals surface area contributed by atoms with Gasteiger partial charge in [-0.25, -0.2) is 0 Å². The van der Waals surface area contributed by atoms with E-state index in [9.17, 15) is 4.79 Å². The minimum atomic E-state index is -0.214. The van der Waals surface area contributed by atoms with Crippen molar-refractivity contribution in [2.45, 2.75) is 19.8 Å². The van der Waals surface area contributed by atoms with E-state index in [1.54, 1.807) is 0 Å². The van der Waals surface area contributed by atoms with Gasteiger partial charge in [-0.1, -0.05) is 0 Å². The minimum absolute atomic E-state index is 0.214. The van der Waals surface area contributed by atoms with Crippen molar-refractivity contribution in [3.05, 3.63) is 0 Å². The number of hydrogen-bond acceptors (Lipinski definition) is 3. The molecule has 1 radical (unpaired) electrons. The Labute approximate surface area is 74.5 Å². The van der Waals surface area contributed by atoms with Crippen LogP contribution in [-0.2, 0) is 4.79 Å². The lowest BCUT2D eigenvalue weighted by molar-refractivity contribution is -0.115. The molecule has 2 rings (SSSR count). The van der Waals surface area contributed by atoms with Gasteiger partial charge in [0.25, 0.3) is 0 Å². The van der Waals surface area contributed by atoms with Gasteiger partial charge in [0.05, 0.1) is 0 Å². The van der Waals surface area contributed by atoms with Crippen molar-refractivity contribution in [2.24, 2.45) is 16.0 Å². The molecule has 5 heteroatoms. The summed E-state index contributed by atoms with van der Waals surface area (Å²) in [6.45, 7) is 1.41. The third-order valence-corrected chi connectivity index (χ3v) is 2.59. The number of aliphatic imine (C=N–C) groups is 1. The number of nitrogens with zero attached hydrogens (tertiary/aromatic N) is 3. The number of carbonyl (C=O) groups excluding carboxylic acids is 1. The van der Waals surface area contributed by atoms with E-state index in [0.29, 0.717) is 11.1 Å². The first-order valence-corrected chi connectivity index (χ1v) is 4.63. The molecule has 0 N–H and O–H groups in total. The molecule has 0 spiro atoms. The Kier molecular flexibility index (Phi) is 1.88. The standard InChI is InChI=1S/C7H8N3OS/c1-4(11)8-7-10-9-6(12-7)5-2-3-5/h5H,2-3H2,1H3. The quantitative estimate of drug-likeness (QED) is 0.606. The third-order valence-electron chi connectivity index (χ3n) is 1.61. The topological polar surface area (TPSA) is 55.9 Å². The van der Waals surface area contributed by atoms with Crippen LogP contribution in [0, 0.1) is 5.92 Å². The summed E-state index contributed by atoms with van der Waals surface area (Å²) in [6, 6.07) is 0. The molecule has 63 valence electrons. The first-order valence-electron chi connectivity index (χ1n) is 3.81. The van der Waals surface area contributed by atoms with Gasteiger partial charge in [-0.05, 0) is 24.6 Å². The average Bonchev–Trinajstić information content (AvgIpc) is 2.73. The molecule has 1 fully saturated rings. The fourth-order valence-electron chi connectivity index (χ4n) is 0.902. The summed E-state index contributed by atoms with van der Waals surface area (Å²) in [4.78, 5) is 14.3. The van der Waals surface area contributed by atoms with Crippen LogP contribution in [0.4, 0.5) is 0 Å². The highest BCUT2D eigenvalue weighted by Crippen LogP contribution is 2.37. The maximum Gasteiger partial charge on any atom is 0.245 e. The average molecular weight is 182 g/mol. The van der Waals surface area contributed by atoms with Crippen LogP contribution in [0.2, 0.25) is 0 Å². The molecule has 4 nitrogen and oxygen atoms in total. The van der Waals surface area contributed by atoms with Gasteiger partial charge in [-0.15, -0.1) is 10.5 Å². The first kappa shape index (κ1) is 7.79. The Balaban J connectivity index is 1.97. The van der Waals surface area contributed by atoms with Crippen LogP contribution >= 0.6 is 11.8 Å². The van der Waals surface area contributed by atoms with Gasteiger partial charge >= 0.3 is 0 Å². The highest BCUT2D eigenvalue weighted by atomic mass is 32.2. The van der Waals surface area contributed by atoms with Crippen LogP contribution in [-0.4, -0.2) is 16.1 Å². The molecule has 1 heterocycles. The summed E-state index contributed by atoms with van der Waals surface area (Å²) in [5.74, 6) is 0.381. The molecule has 1 amide bonds. The third kappa shape index (κ3) is 1.66. The highest BCUT2D eigenvalue weighted by molar-refractivity contribution is 8.26. The number of rotatable bonds is 1. The molecule has 1 aliphatic carbocycles. The van der Waals surface area contributed by atoms with E-state index in [4.69, 9.17) is 0 Å². The highest BCUT2D eigenvalue weighted by Gasteiger charge is 2.32. The fourth-order valence-corrected chi connectivity index (χ4v) is 1.83. The summed E-state index contributed by atoms with van der Waals surface area (Å²) in [6.07, 6.45) is 2.41. The molecule has 1 saturated carbocycles. The SMILES string of the molecule is CC(=O)N=C1[N]N=C(C2CC2)S1. The van der Waals surface area contributed by atoms with Gasteiger partial charge < -0.3 is 0 Å². The van der Waals surface area contributed by atoms with Crippen molar-refractivity contribution in [3.8, 4) is 0 Å². The lowest BCUT2D eigenvalue weighted by atomic mass is 10.5. The van der Waals surface area contributed by atoms with Crippen LogP contribution in [0.3, 0.4) is 0 Å². The number of hydrogen-bond donors (Lipinski definition) is 0. The molecule has 12 heavy (non-hydrogen) atoms. The summed E-state index contributed by atoms with van der Waals surface area (Å²) in [5.41, 5.74) is 3.80. The van der Waals surface area contributed by atoms with Crippen LogP contribution in [0.1, 0.15) is 19.8 Å². The Morgan fingerprint density at radius 1 is 1.67 bits per heavy atom. The largest absolute Gasteiger partial charge is 0.273 e. The van der Waals surface area contributed by atoms with Gasteiger partial charge in [-0.2, -0.15) is 4.99 Å². The molecule has 0 unspecified atom stereocenters. The van der Waals surface area contributed by atoms with E-state index in [2.05, 4.69) is 15.5 Å². The lowest BCUT2D eigenvalue weighted by Gasteiger charge is -1.89. The lowest BCUT2D eigenvalue weighted by Crippen LogP contribution is -2.01. The molecule has 0 aromatic heterocycles. The predicted molar refractivity (Wildman–Crippen MR) is 48.0 cm³/mol. The zero-order valence-electron chi connectivity index (χ0n) is 6.65. The monoisotopic (exact) mass is 182 g/mol. The Bertz CT molecular complexity index is 280. The van der Waals surface area contributed by atoms with Gasteiger partial charge in [0, 0.05) is 12.8 Å². The van der Waals surface area contributed by atoms with Gasteiger partial charge in [0.15, 0.2) is 0 Å². The summed E-state index contributed by atoms with van der Waals surface area (Å²) < 4.78 is 0. The van der Waals surface area contributed by atoms with Crippen molar-refractivity contribution in [3.63, 3.8) is 0 Å². The molecule has 0 atom stereocenters. The minimum Gasteiger partial charge on any atom is -0.273 e. The second-order valence-corrected chi connectivity index (χ2v) is 3.82. The summed E-state index contributed by atoms with van der Waals surface area (Å²) in [7, 11) is 0. The predicted octanol–water partition coefficient (Wildman–Crippen LogP) is 0.964. The van der Waals surface area contributed by atoms with Crippen molar-refractivity contribution in [2.75, 3.05) is 0 Å². The smallest absolute Gasteiger partial charge is 0.245 e. The van der Waals surface area contributed by atoms with Crippen LogP contribution in [0.15, 0.2) is 10.1 Å². The van der Waals surface area contributed by atoms with E-state index in [-0.39, 0.29) is 5.91 Å². The first-order chi connectivity index (χ1) is 5.75. The molecule has 0 aromatic rings. The van der Waals surface area contributed by atoms with Gasteiger partial charge in [0.1, 0.15) is 5.04 Å². The zero-order chi connectivity index (χ0) is 8.55. The number of thioether (sulfide) groups is 1. The van der Waals surface area contributed by atoms with E-state index in [1.165, 1.54) is 31.5 Å². The van der Waals surface area contributed by atoms with Crippen molar-refractivity contribution >= 4 is 27.9 Å². The molecule has 2 aliphatic rings. The van der Waals surface area contributed by atoms with Crippen LogP contribution in [0.25, 0.3) is 0 Å². The number of amides is 1. The maximum absolute atomic E-state index is 10.6. The number of amidine groups is 1. The van der Waals surface area contributed by atoms with Gasteiger partial charge in [-0.3, -0.25) is 4.79 Å². The Morgan fingerprint density at radius 3 is 3.00 bits per heavy atom. The second kappa shape index (κ2) is 2.90. The van der Waals surface area contributed by atoms with E-state index >= 15 is 0 Å². The van der Waals surface area contributed by atoms with Crippen molar-refractivity contribution in [1.29, 1.82) is 0 Å². The Hall–Kier alpha value is -0.840.